The lowest BCUT2D eigenvalue weighted by Crippen LogP contribution is -2.27. The van der Waals surface area contributed by atoms with E-state index in [1.807, 2.05) is 18.2 Å². The molecule has 20 heavy (non-hydrogen) atoms. The Bertz CT molecular complexity index is 618. The maximum absolute atomic E-state index is 12.4. The van der Waals surface area contributed by atoms with Crippen molar-refractivity contribution in [3.63, 3.8) is 0 Å². The van der Waals surface area contributed by atoms with Gasteiger partial charge in [0, 0.05) is 24.8 Å². The zero-order valence-electron chi connectivity index (χ0n) is 11.0. The van der Waals surface area contributed by atoms with Crippen molar-refractivity contribution in [3.05, 3.63) is 58.9 Å². The molecular weight excluding hydrogens is 276 g/mol. The molecule has 2 rings (SSSR count). The number of halogens is 1. The van der Waals surface area contributed by atoms with Crippen LogP contribution < -0.4 is 11.3 Å². The monoisotopic (exact) mass is 290 g/mol. The first-order chi connectivity index (χ1) is 9.61. The summed E-state index contributed by atoms with van der Waals surface area (Å²) in [6.07, 6.45) is 3.07. The predicted octanol–water partition coefficient (Wildman–Crippen LogP) is 2.29. The number of hydrazine groups is 1. The molecule has 0 radical (unpaired) electrons. The fourth-order valence-electron chi connectivity index (χ4n) is 1.88. The van der Waals surface area contributed by atoms with Crippen molar-refractivity contribution in [2.75, 3.05) is 12.5 Å². The van der Waals surface area contributed by atoms with Crippen LogP contribution in [0, 0.1) is 0 Å². The topological polar surface area (TPSA) is 71.2 Å². The molecule has 0 spiro atoms. The van der Waals surface area contributed by atoms with E-state index in [2.05, 4.69) is 10.4 Å². The van der Waals surface area contributed by atoms with Gasteiger partial charge in [-0.15, -0.1) is 0 Å². The molecule has 0 bridgehead atoms. The highest BCUT2D eigenvalue weighted by molar-refractivity contribution is 6.30. The highest BCUT2D eigenvalue weighted by Crippen LogP contribution is 2.17. The van der Waals surface area contributed by atoms with Crippen LogP contribution in [0.2, 0.25) is 5.02 Å². The third-order valence-corrected chi connectivity index (χ3v) is 3.10. The molecule has 2 aromatic rings. The number of nitrogens with two attached hydrogens (primary N) is 1. The van der Waals surface area contributed by atoms with Gasteiger partial charge < -0.3 is 10.3 Å². The maximum atomic E-state index is 12.4. The van der Waals surface area contributed by atoms with Gasteiger partial charge in [-0.2, -0.15) is 0 Å². The zero-order valence-corrected chi connectivity index (χ0v) is 11.8. The summed E-state index contributed by atoms with van der Waals surface area (Å²) in [5, 5.41) is 0.650. The molecule has 0 atom stereocenters. The van der Waals surface area contributed by atoms with Crippen molar-refractivity contribution in [1.82, 2.24) is 9.88 Å². The molecule has 1 amide bonds. The largest absolute Gasteiger partial charge is 0.337 e. The Morgan fingerprint density at radius 3 is 2.95 bits per heavy atom. The normalized spacial score (nSPS) is 10.2. The minimum Gasteiger partial charge on any atom is -0.337 e. The molecule has 0 aliphatic rings. The van der Waals surface area contributed by atoms with Crippen LogP contribution in [-0.4, -0.2) is 22.8 Å². The van der Waals surface area contributed by atoms with E-state index in [0.29, 0.717) is 22.8 Å². The number of carbonyl (C=O) groups is 1. The molecule has 0 saturated heterocycles. The molecule has 1 aromatic carbocycles. The van der Waals surface area contributed by atoms with Gasteiger partial charge in [-0.1, -0.05) is 23.7 Å². The second-order valence-corrected chi connectivity index (χ2v) is 4.79. The number of aromatic nitrogens is 1. The Labute approximate surface area is 122 Å². The molecule has 3 N–H and O–H groups in total. The van der Waals surface area contributed by atoms with Gasteiger partial charge in [0.05, 0.1) is 17.4 Å². The fraction of sp³-hybridized carbons (Fsp3) is 0.143. The Kier molecular flexibility index (Phi) is 4.55. The third-order valence-electron chi connectivity index (χ3n) is 2.86. The van der Waals surface area contributed by atoms with Gasteiger partial charge in [-0.25, -0.2) is 0 Å². The van der Waals surface area contributed by atoms with Crippen LogP contribution in [0.4, 0.5) is 5.69 Å². The minimum absolute atomic E-state index is 0.139. The molecular formula is C14H15ClN4O. The summed E-state index contributed by atoms with van der Waals surface area (Å²) in [7, 11) is 1.73. The number of amides is 1. The van der Waals surface area contributed by atoms with Gasteiger partial charge in [-0.3, -0.25) is 15.6 Å². The van der Waals surface area contributed by atoms with E-state index >= 15 is 0 Å². The molecule has 1 aromatic heterocycles. The van der Waals surface area contributed by atoms with Crippen molar-refractivity contribution in [2.24, 2.45) is 5.84 Å². The molecule has 0 aliphatic heterocycles. The lowest BCUT2D eigenvalue weighted by Gasteiger charge is -2.19. The fourth-order valence-corrected chi connectivity index (χ4v) is 2.10. The number of rotatable bonds is 4. The van der Waals surface area contributed by atoms with E-state index in [9.17, 15) is 4.79 Å². The first-order valence-corrected chi connectivity index (χ1v) is 6.40. The predicted molar refractivity (Wildman–Crippen MR) is 79.3 cm³/mol. The Morgan fingerprint density at radius 2 is 2.25 bits per heavy atom. The lowest BCUT2D eigenvalue weighted by atomic mass is 10.1. The summed E-state index contributed by atoms with van der Waals surface area (Å²) in [4.78, 5) is 17.9. The van der Waals surface area contributed by atoms with Crippen LogP contribution in [0.1, 0.15) is 15.9 Å². The highest BCUT2D eigenvalue weighted by Gasteiger charge is 2.15. The van der Waals surface area contributed by atoms with Crippen molar-refractivity contribution >= 4 is 23.2 Å². The maximum Gasteiger partial charge on any atom is 0.256 e. The zero-order chi connectivity index (χ0) is 14.5. The number of nitrogens with zero attached hydrogens (tertiary/aromatic N) is 2. The van der Waals surface area contributed by atoms with E-state index in [0.717, 1.165) is 5.56 Å². The number of nitrogen functional groups attached to an aromatic ring is 1. The molecule has 6 heteroatoms. The highest BCUT2D eigenvalue weighted by atomic mass is 35.5. The second kappa shape index (κ2) is 6.36. The average molecular weight is 291 g/mol. The van der Waals surface area contributed by atoms with Crippen molar-refractivity contribution in [3.8, 4) is 0 Å². The molecule has 0 fully saturated rings. The summed E-state index contributed by atoms with van der Waals surface area (Å²) < 4.78 is 0. The van der Waals surface area contributed by atoms with Crippen molar-refractivity contribution in [1.29, 1.82) is 0 Å². The quantitative estimate of drug-likeness (QED) is 0.669. The molecule has 5 nitrogen and oxygen atoms in total. The summed E-state index contributed by atoms with van der Waals surface area (Å²) in [5.41, 5.74) is 4.41. The van der Waals surface area contributed by atoms with E-state index in [4.69, 9.17) is 17.4 Å². The number of hydrogen-bond donors (Lipinski definition) is 2. The molecule has 0 saturated carbocycles. The van der Waals surface area contributed by atoms with Crippen LogP contribution in [-0.2, 0) is 6.54 Å². The van der Waals surface area contributed by atoms with Crippen LogP contribution in [0.25, 0.3) is 0 Å². The van der Waals surface area contributed by atoms with Gasteiger partial charge in [0.25, 0.3) is 5.91 Å². The van der Waals surface area contributed by atoms with Crippen LogP contribution >= 0.6 is 11.6 Å². The number of nitrogens with one attached hydrogen (secondary N) is 1. The van der Waals surface area contributed by atoms with E-state index in [1.165, 1.54) is 6.20 Å². The number of pyridine rings is 1. The van der Waals surface area contributed by atoms with E-state index in [1.54, 1.807) is 30.3 Å². The summed E-state index contributed by atoms with van der Waals surface area (Å²) >= 11 is 5.93. The summed E-state index contributed by atoms with van der Waals surface area (Å²) in [6, 6.07) is 9.04. The number of carbonyl (C=O) groups excluding carboxylic acids is 1. The summed E-state index contributed by atoms with van der Waals surface area (Å²) in [5.74, 6) is 5.24. The van der Waals surface area contributed by atoms with Crippen LogP contribution in [0.5, 0.6) is 0 Å². The van der Waals surface area contributed by atoms with Crippen molar-refractivity contribution in [2.45, 2.75) is 6.54 Å². The van der Waals surface area contributed by atoms with Crippen LogP contribution in [0.15, 0.2) is 42.7 Å². The Morgan fingerprint density at radius 1 is 1.45 bits per heavy atom. The van der Waals surface area contributed by atoms with E-state index in [-0.39, 0.29) is 5.91 Å². The third kappa shape index (κ3) is 3.26. The van der Waals surface area contributed by atoms with Gasteiger partial charge in [0.1, 0.15) is 0 Å². The number of benzene rings is 1. The molecule has 0 unspecified atom stereocenters. The molecule has 0 aliphatic carbocycles. The number of anilines is 1. The standard InChI is InChI=1S/C14H15ClN4O/c1-19(9-10-3-2-4-11(15)7-10)14(20)12-5-6-17-8-13(12)18-16/h2-8,18H,9,16H2,1H3. The lowest BCUT2D eigenvalue weighted by molar-refractivity contribution is 0.0786. The van der Waals surface area contributed by atoms with E-state index < -0.39 is 0 Å². The second-order valence-electron chi connectivity index (χ2n) is 4.36. The molecule has 104 valence electrons. The number of hydrogen-bond acceptors (Lipinski definition) is 4. The van der Waals surface area contributed by atoms with Gasteiger partial charge in [0.15, 0.2) is 0 Å². The Balaban J connectivity index is 2.16. The van der Waals surface area contributed by atoms with Gasteiger partial charge in [0.2, 0.25) is 0 Å². The van der Waals surface area contributed by atoms with Crippen molar-refractivity contribution < 1.29 is 4.79 Å². The first-order valence-electron chi connectivity index (χ1n) is 6.02. The SMILES string of the molecule is CN(Cc1cccc(Cl)c1)C(=O)c1ccncc1NN. The first kappa shape index (κ1) is 14.3. The Hall–Kier alpha value is -2.11. The summed E-state index contributed by atoms with van der Waals surface area (Å²) in [6.45, 7) is 0.464. The van der Waals surface area contributed by atoms with Gasteiger partial charge in [-0.05, 0) is 23.8 Å². The molecule has 1 heterocycles. The minimum atomic E-state index is -0.139. The van der Waals surface area contributed by atoms with Gasteiger partial charge >= 0.3 is 0 Å². The smallest absolute Gasteiger partial charge is 0.256 e. The van der Waals surface area contributed by atoms with Crippen LogP contribution in [0.3, 0.4) is 0 Å². The average Bonchev–Trinajstić information content (AvgIpc) is 2.46.